The Morgan fingerprint density at radius 1 is 0.829 bits per heavy atom. The minimum atomic E-state index is -1.41. The van der Waals surface area contributed by atoms with Gasteiger partial charge in [0.25, 0.3) is 23.6 Å². The molecule has 17 nitrogen and oxygen atoms in total. The van der Waals surface area contributed by atoms with Gasteiger partial charge >= 0.3 is 6.16 Å². The van der Waals surface area contributed by atoms with Crippen molar-refractivity contribution < 1.29 is 48.1 Å². The van der Waals surface area contributed by atoms with Gasteiger partial charge in [0.05, 0.1) is 41.0 Å². The molecule has 2 N–H and O–H groups in total. The van der Waals surface area contributed by atoms with Crippen LogP contribution in [0.1, 0.15) is 103 Å². The second-order valence-corrected chi connectivity index (χ2v) is 21.1. The molecule has 70 heavy (non-hydrogen) atoms. The molecule has 370 valence electrons. The van der Waals surface area contributed by atoms with E-state index in [1.165, 1.54) is 0 Å². The summed E-state index contributed by atoms with van der Waals surface area (Å²) in [6, 6.07) is 19.0. The van der Waals surface area contributed by atoms with Crippen LogP contribution in [0.2, 0.25) is 5.02 Å². The number of anilines is 2. The smallest absolute Gasteiger partial charge is 0.489 e. The molecule has 0 aromatic heterocycles. The van der Waals surface area contributed by atoms with Crippen molar-refractivity contribution in [2.24, 2.45) is 16.7 Å². The van der Waals surface area contributed by atoms with Crippen LogP contribution in [-0.2, 0) is 19.1 Å². The van der Waals surface area contributed by atoms with Crippen LogP contribution in [0.4, 0.5) is 16.2 Å². The zero-order valence-electron chi connectivity index (χ0n) is 40.0. The third-order valence-electron chi connectivity index (χ3n) is 15.5. The minimum Gasteiger partial charge on any atom is -0.489 e. The van der Waals surface area contributed by atoms with Crippen molar-refractivity contribution in [2.45, 2.75) is 96.6 Å². The number of imide groups is 2. The molecule has 5 amide bonds. The number of ether oxygens (including phenoxy) is 3. The Kier molecular flexibility index (Phi) is 13.6. The Bertz CT molecular complexity index is 2590. The third-order valence-corrected chi connectivity index (χ3v) is 15.8. The lowest BCUT2D eigenvalue weighted by atomic mass is 9.49. The molecule has 3 atom stereocenters. The standard InChI is InChI=1S/C52H60ClN7O10/c1-51(2)48(52(3,4)49(51)69-36-11-7-33(28-54)41(53)27-36)55-44(62)32-5-8-34(9-6-32)57-18-15-31(16-19-57)29-56-20-22-58(23-21-56)35-10-12-39-40(25-35)46(64)60(45(39)63)42-13-14-43(61)59(47(42)65)30-38-26-37(17-24-68-38)70-50(66)67/h5-12,25,27,31,37-38,42,48-49H,13-24,26,29-30H2,1-4H3,(H,55,62)(H,66,67)/t37-,38-,42-,48?,49?/m1/s1. The second kappa shape index (κ2) is 19.5. The number of piperidine rings is 2. The van der Waals surface area contributed by atoms with Gasteiger partial charge in [-0.15, -0.1) is 0 Å². The molecule has 0 bridgehead atoms. The molecule has 3 aromatic carbocycles. The third kappa shape index (κ3) is 9.53. The normalized spacial score (nSPS) is 25.8. The molecule has 3 aromatic rings. The first-order chi connectivity index (χ1) is 33.4. The number of likely N-dealkylation sites (tertiary alicyclic amines) is 1. The number of carbonyl (C=O) groups excluding carboxylic acids is 5. The summed E-state index contributed by atoms with van der Waals surface area (Å²) >= 11 is 6.27. The van der Waals surface area contributed by atoms with Crippen molar-refractivity contribution >= 4 is 58.7 Å². The van der Waals surface area contributed by atoms with Crippen LogP contribution in [0.15, 0.2) is 60.7 Å². The lowest BCUT2D eigenvalue weighted by Crippen LogP contribution is -2.74. The van der Waals surface area contributed by atoms with Gasteiger partial charge in [-0.1, -0.05) is 39.3 Å². The van der Waals surface area contributed by atoms with Gasteiger partial charge < -0.3 is 34.4 Å². The van der Waals surface area contributed by atoms with E-state index in [-0.39, 0.29) is 72.4 Å². The van der Waals surface area contributed by atoms with Crippen molar-refractivity contribution in [2.75, 3.05) is 68.8 Å². The molecule has 5 heterocycles. The number of hydrogen-bond donors (Lipinski definition) is 2. The number of fused-ring (bicyclic) bond motifs is 1. The van der Waals surface area contributed by atoms with E-state index < -0.39 is 48.0 Å². The van der Waals surface area contributed by atoms with E-state index >= 15 is 0 Å². The fraction of sp³-hybridized carbons (Fsp3) is 0.519. The largest absolute Gasteiger partial charge is 0.506 e. The van der Waals surface area contributed by atoms with Gasteiger partial charge in [0, 0.05) is 105 Å². The molecule has 0 radical (unpaired) electrons. The Labute approximate surface area is 412 Å². The molecular formula is C52H60ClN7O10. The number of carboxylic acid groups (broad SMARTS) is 1. The Hall–Kier alpha value is -6.22. The minimum absolute atomic E-state index is 0.0231. The summed E-state index contributed by atoms with van der Waals surface area (Å²) in [5, 5.41) is 21.9. The Morgan fingerprint density at radius 3 is 2.17 bits per heavy atom. The highest BCUT2D eigenvalue weighted by Gasteiger charge is 2.64. The average Bonchev–Trinajstić information content (AvgIpc) is 3.59. The maximum Gasteiger partial charge on any atom is 0.506 e. The quantitative estimate of drug-likeness (QED) is 0.153. The first-order valence-corrected chi connectivity index (χ1v) is 24.7. The monoisotopic (exact) mass is 977 g/mol. The zero-order valence-corrected chi connectivity index (χ0v) is 40.8. The highest BCUT2D eigenvalue weighted by atomic mass is 35.5. The van der Waals surface area contributed by atoms with Crippen molar-refractivity contribution in [1.82, 2.24) is 20.0 Å². The molecule has 1 saturated carbocycles. The SMILES string of the molecule is CC1(C)C(NC(=O)c2ccc(N3CCC(CN4CCN(c5ccc6c(c5)C(=O)N([C@@H]5CCC(=O)N(C[C@H]7C[C@H](OC(=O)O)CCO7)C5=O)C6=O)CC4)CC3)cc2)C(C)(C)C1Oc1ccc(C#N)c(Cl)c1. The lowest BCUT2D eigenvalue weighted by Gasteiger charge is -2.63. The summed E-state index contributed by atoms with van der Waals surface area (Å²) in [6.07, 6.45) is -0.221. The number of amides is 5. The summed E-state index contributed by atoms with van der Waals surface area (Å²) in [7, 11) is 0. The van der Waals surface area contributed by atoms with Crippen molar-refractivity contribution in [3.05, 3.63) is 87.9 Å². The molecule has 9 rings (SSSR count). The Morgan fingerprint density at radius 2 is 1.50 bits per heavy atom. The van der Waals surface area contributed by atoms with Crippen molar-refractivity contribution in [1.29, 1.82) is 5.26 Å². The summed E-state index contributed by atoms with van der Waals surface area (Å²) < 4.78 is 17.0. The van der Waals surface area contributed by atoms with E-state index in [1.807, 2.05) is 30.3 Å². The number of rotatable bonds is 12. The molecule has 0 spiro atoms. The number of halogens is 1. The molecule has 6 aliphatic rings. The number of carbonyl (C=O) groups is 6. The predicted molar refractivity (Wildman–Crippen MR) is 258 cm³/mol. The van der Waals surface area contributed by atoms with Gasteiger partial charge in [0.2, 0.25) is 5.91 Å². The molecular weight excluding hydrogens is 918 g/mol. The fourth-order valence-electron chi connectivity index (χ4n) is 12.0. The number of piperazine rings is 1. The predicted octanol–water partition coefficient (Wildman–Crippen LogP) is 6.22. The number of hydrogen-bond acceptors (Lipinski definition) is 13. The van der Waals surface area contributed by atoms with Crippen molar-refractivity contribution in [3.63, 3.8) is 0 Å². The fourth-order valence-corrected chi connectivity index (χ4v) is 12.2. The first-order valence-electron chi connectivity index (χ1n) is 24.3. The van der Waals surface area contributed by atoms with Gasteiger partial charge in [-0.3, -0.25) is 38.7 Å². The van der Waals surface area contributed by atoms with Crippen LogP contribution in [0.3, 0.4) is 0 Å². The first kappa shape index (κ1) is 48.8. The molecule has 0 unspecified atom stereocenters. The lowest BCUT2D eigenvalue weighted by molar-refractivity contribution is -0.164. The number of nitriles is 1. The van der Waals surface area contributed by atoms with E-state index in [9.17, 15) is 34.0 Å². The second-order valence-electron chi connectivity index (χ2n) is 20.7. The number of benzene rings is 3. The summed E-state index contributed by atoms with van der Waals surface area (Å²) in [5.74, 6) is -1.20. The molecule has 1 aliphatic carbocycles. The van der Waals surface area contributed by atoms with Crippen LogP contribution < -0.4 is 19.9 Å². The summed E-state index contributed by atoms with van der Waals surface area (Å²) in [4.78, 5) is 88.1. The van der Waals surface area contributed by atoms with Gasteiger partial charge in [-0.2, -0.15) is 5.26 Å². The van der Waals surface area contributed by atoms with E-state index in [0.29, 0.717) is 34.2 Å². The van der Waals surface area contributed by atoms with Gasteiger partial charge in [-0.05, 0) is 79.8 Å². The van der Waals surface area contributed by atoms with E-state index in [2.05, 4.69) is 53.8 Å². The summed E-state index contributed by atoms with van der Waals surface area (Å²) in [5.41, 5.74) is 2.65. The van der Waals surface area contributed by atoms with Gasteiger partial charge in [0.15, 0.2) is 0 Å². The molecule has 4 saturated heterocycles. The summed E-state index contributed by atoms with van der Waals surface area (Å²) in [6.45, 7) is 14.5. The number of nitrogens with one attached hydrogen (secondary N) is 1. The van der Waals surface area contributed by atoms with Gasteiger partial charge in [0.1, 0.15) is 30.1 Å². The van der Waals surface area contributed by atoms with Gasteiger partial charge in [-0.25, -0.2) is 4.79 Å². The zero-order chi connectivity index (χ0) is 49.6. The van der Waals surface area contributed by atoms with Crippen molar-refractivity contribution in [3.8, 4) is 11.8 Å². The van der Waals surface area contributed by atoms with E-state index in [1.54, 1.807) is 30.3 Å². The average molecular weight is 979 g/mol. The van der Waals surface area contributed by atoms with Crippen LogP contribution in [0.5, 0.6) is 5.75 Å². The van der Waals surface area contributed by atoms with Crippen LogP contribution in [-0.4, -0.2) is 145 Å². The van der Waals surface area contributed by atoms with E-state index in [4.69, 9.17) is 30.9 Å². The maximum absolute atomic E-state index is 13.9. The topological polar surface area (TPSA) is 202 Å². The molecule has 5 fully saturated rings. The highest BCUT2D eigenvalue weighted by molar-refractivity contribution is 6.31. The van der Waals surface area contributed by atoms with E-state index in [0.717, 1.165) is 79.8 Å². The Balaban J connectivity index is 0.725. The van der Waals surface area contributed by atoms with Crippen LogP contribution >= 0.6 is 11.6 Å². The van der Waals surface area contributed by atoms with Crippen LogP contribution in [0, 0.1) is 28.1 Å². The van der Waals surface area contributed by atoms with Crippen LogP contribution in [0.25, 0.3) is 0 Å². The number of nitrogens with zero attached hydrogens (tertiary/aromatic N) is 6. The maximum atomic E-state index is 13.9. The highest BCUT2D eigenvalue weighted by Crippen LogP contribution is 2.55. The molecule has 5 aliphatic heterocycles. The molecule has 18 heteroatoms.